The Morgan fingerprint density at radius 3 is 2.89 bits per heavy atom. The van der Waals surface area contributed by atoms with E-state index in [0.29, 0.717) is 32.7 Å². The number of aromatic nitrogens is 2. The zero-order valence-corrected chi connectivity index (χ0v) is 11.0. The Morgan fingerprint density at radius 2 is 2.26 bits per heavy atom. The second-order valence-electron chi connectivity index (χ2n) is 5.10. The van der Waals surface area contributed by atoms with Gasteiger partial charge >= 0.3 is 0 Å². The van der Waals surface area contributed by atoms with Crippen molar-refractivity contribution in [3.8, 4) is 0 Å². The minimum absolute atomic E-state index is 0.00742. The van der Waals surface area contributed by atoms with Crippen LogP contribution in [-0.4, -0.2) is 46.9 Å². The van der Waals surface area contributed by atoms with Crippen molar-refractivity contribution in [3.63, 3.8) is 0 Å². The predicted octanol–water partition coefficient (Wildman–Crippen LogP) is 0.178. The van der Waals surface area contributed by atoms with Crippen LogP contribution in [0.3, 0.4) is 0 Å². The Labute approximate surface area is 112 Å². The first-order valence-corrected chi connectivity index (χ1v) is 6.65. The second kappa shape index (κ2) is 6.68. The molecule has 0 aliphatic carbocycles. The molecule has 0 radical (unpaired) electrons. The molecule has 0 saturated carbocycles. The molecule has 0 bridgehead atoms. The van der Waals surface area contributed by atoms with Gasteiger partial charge in [0.05, 0.1) is 12.9 Å². The normalized spacial score (nSPS) is 18.2. The van der Waals surface area contributed by atoms with Crippen molar-refractivity contribution >= 4 is 5.91 Å². The Balaban J connectivity index is 1.72. The molecule has 0 atom stereocenters. The summed E-state index contributed by atoms with van der Waals surface area (Å²) >= 11 is 0. The minimum atomic E-state index is -0.205. The van der Waals surface area contributed by atoms with Crippen molar-refractivity contribution in [2.75, 3.05) is 26.4 Å². The molecule has 2 N–H and O–H groups in total. The smallest absolute Gasteiger partial charge is 0.221 e. The maximum atomic E-state index is 11.8. The maximum absolute atomic E-state index is 11.8. The lowest BCUT2D eigenvalue weighted by Crippen LogP contribution is -2.43. The van der Waals surface area contributed by atoms with Gasteiger partial charge in [-0.05, 0) is 12.8 Å². The number of nitrogens with one attached hydrogen (secondary N) is 1. The second-order valence-corrected chi connectivity index (χ2v) is 5.10. The average molecular weight is 267 g/mol. The van der Waals surface area contributed by atoms with Crippen LogP contribution < -0.4 is 5.32 Å². The zero-order valence-electron chi connectivity index (χ0n) is 11.0. The average Bonchev–Trinajstić information content (AvgIpc) is 2.97. The summed E-state index contributed by atoms with van der Waals surface area (Å²) < 4.78 is 7.17. The summed E-state index contributed by atoms with van der Waals surface area (Å²) in [4.78, 5) is 15.7. The molecular weight excluding hydrogens is 246 g/mol. The third-order valence-corrected chi connectivity index (χ3v) is 3.71. The number of hydrogen-bond donors (Lipinski definition) is 2. The van der Waals surface area contributed by atoms with Crippen molar-refractivity contribution in [2.45, 2.75) is 25.8 Å². The first kappa shape index (κ1) is 14.0. The van der Waals surface area contributed by atoms with E-state index in [1.165, 1.54) is 0 Å². The van der Waals surface area contributed by atoms with E-state index in [9.17, 15) is 9.90 Å². The molecule has 2 rings (SSSR count). The summed E-state index contributed by atoms with van der Waals surface area (Å²) in [5, 5.41) is 12.4. The quantitative estimate of drug-likeness (QED) is 0.771. The monoisotopic (exact) mass is 267 g/mol. The fourth-order valence-electron chi connectivity index (χ4n) is 2.22. The minimum Gasteiger partial charge on any atom is -0.396 e. The standard InChI is InChI=1S/C13H21N3O3/c17-10-13(2-7-19-8-3-13)9-15-12(18)1-5-16-6-4-14-11-16/h4,6,11,17H,1-3,5,7-10H2,(H,15,18). The number of rotatable bonds is 6. The first-order valence-electron chi connectivity index (χ1n) is 6.65. The van der Waals surface area contributed by atoms with E-state index in [-0.39, 0.29) is 17.9 Å². The SMILES string of the molecule is O=C(CCn1ccnc1)NCC1(CO)CCOCC1. The van der Waals surface area contributed by atoms with Gasteiger partial charge in [0.25, 0.3) is 0 Å². The number of aliphatic hydroxyl groups excluding tert-OH is 1. The molecular formula is C13H21N3O3. The van der Waals surface area contributed by atoms with Gasteiger partial charge in [-0.2, -0.15) is 0 Å². The highest BCUT2D eigenvalue weighted by atomic mass is 16.5. The van der Waals surface area contributed by atoms with Crippen LogP contribution in [0.2, 0.25) is 0 Å². The highest BCUT2D eigenvalue weighted by Gasteiger charge is 2.32. The van der Waals surface area contributed by atoms with E-state index in [1.807, 2.05) is 10.8 Å². The third kappa shape index (κ3) is 4.04. The van der Waals surface area contributed by atoms with Gasteiger partial charge in [0.2, 0.25) is 5.91 Å². The highest BCUT2D eigenvalue weighted by molar-refractivity contribution is 5.75. The van der Waals surface area contributed by atoms with Gasteiger partial charge in [-0.15, -0.1) is 0 Å². The largest absolute Gasteiger partial charge is 0.396 e. The fourth-order valence-corrected chi connectivity index (χ4v) is 2.22. The summed E-state index contributed by atoms with van der Waals surface area (Å²) in [6.07, 6.45) is 7.24. The molecule has 1 aliphatic heterocycles. The molecule has 6 nitrogen and oxygen atoms in total. The van der Waals surface area contributed by atoms with Crippen LogP contribution in [0, 0.1) is 5.41 Å². The van der Waals surface area contributed by atoms with E-state index < -0.39 is 0 Å². The molecule has 106 valence electrons. The van der Waals surface area contributed by atoms with E-state index in [4.69, 9.17) is 4.74 Å². The number of aliphatic hydroxyl groups is 1. The molecule has 0 aromatic carbocycles. The van der Waals surface area contributed by atoms with Crippen molar-refractivity contribution in [1.82, 2.24) is 14.9 Å². The Kier molecular flexibility index (Phi) is 4.93. The van der Waals surface area contributed by atoms with E-state index >= 15 is 0 Å². The predicted molar refractivity (Wildman–Crippen MR) is 69.4 cm³/mol. The number of carbonyl (C=O) groups is 1. The Hall–Kier alpha value is -1.40. The van der Waals surface area contributed by atoms with Crippen LogP contribution in [0.1, 0.15) is 19.3 Å². The molecule has 2 heterocycles. The molecule has 1 aromatic heterocycles. The molecule has 1 aromatic rings. The summed E-state index contributed by atoms with van der Waals surface area (Å²) in [5.74, 6) is 0.00742. The van der Waals surface area contributed by atoms with Crippen LogP contribution in [0.4, 0.5) is 0 Å². The molecule has 1 saturated heterocycles. The third-order valence-electron chi connectivity index (χ3n) is 3.71. The number of aryl methyl sites for hydroxylation is 1. The van der Waals surface area contributed by atoms with Gasteiger partial charge in [0, 0.05) is 50.5 Å². The van der Waals surface area contributed by atoms with Crippen molar-refractivity contribution in [1.29, 1.82) is 0 Å². The highest BCUT2D eigenvalue weighted by Crippen LogP contribution is 2.28. The van der Waals surface area contributed by atoms with Gasteiger partial charge in [-0.25, -0.2) is 4.98 Å². The molecule has 1 fully saturated rings. The summed E-state index contributed by atoms with van der Waals surface area (Å²) in [6.45, 7) is 2.56. The van der Waals surface area contributed by atoms with Crippen LogP contribution in [-0.2, 0) is 16.1 Å². The van der Waals surface area contributed by atoms with Crippen LogP contribution in [0.15, 0.2) is 18.7 Å². The number of imidazole rings is 1. The number of amides is 1. The van der Waals surface area contributed by atoms with Crippen molar-refractivity contribution < 1.29 is 14.6 Å². The molecule has 0 spiro atoms. The molecule has 6 heteroatoms. The van der Waals surface area contributed by atoms with Crippen LogP contribution in [0.25, 0.3) is 0 Å². The summed E-state index contributed by atoms with van der Waals surface area (Å²) in [6, 6.07) is 0. The lowest BCUT2D eigenvalue weighted by molar-refractivity contribution is -0.122. The first-order chi connectivity index (χ1) is 9.24. The van der Waals surface area contributed by atoms with Gasteiger partial charge in [-0.3, -0.25) is 4.79 Å². The zero-order chi connectivity index (χ0) is 13.6. The number of hydrogen-bond acceptors (Lipinski definition) is 4. The molecule has 1 amide bonds. The van der Waals surface area contributed by atoms with E-state index in [0.717, 1.165) is 12.8 Å². The molecule has 19 heavy (non-hydrogen) atoms. The van der Waals surface area contributed by atoms with Gasteiger partial charge in [0.1, 0.15) is 0 Å². The number of ether oxygens (including phenoxy) is 1. The van der Waals surface area contributed by atoms with E-state index in [2.05, 4.69) is 10.3 Å². The lowest BCUT2D eigenvalue weighted by atomic mass is 9.81. The summed E-state index contributed by atoms with van der Waals surface area (Å²) in [5.41, 5.74) is -0.205. The van der Waals surface area contributed by atoms with Crippen LogP contribution in [0.5, 0.6) is 0 Å². The molecule has 0 unspecified atom stereocenters. The molecule has 1 aliphatic rings. The number of nitrogens with zero attached hydrogens (tertiary/aromatic N) is 2. The van der Waals surface area contributed by atoms with Crippen molar-refractivity contribution in [2.24, 2.45) is 5.41 Å². The van der Waals surface area contributed by atoms with Gasteiger partial charge in [-0.1, -0.05) is 0 Å². The maximum Gasteiger partial charge on any atom is 0.221 e. The van der Waals surface area contributed by atoms with Gasteiger partial charge in [0.15, 0.2) is 0 Å². The Morgan fingerprint density at radius 1 is 1.47 bits per heavy atom. The van der Waals surface area contributed by atoms with Crippen LogP contribution >= 0.6 is 0 Å². The van der Waals surface area contributed by atoms with E-state index in [1.54, 1.807) is 12.5 Å². The number of carbonyl (C=O) groups excluding carboxylic acids is 1. The van der Waals surface area contributed by atoms with Gasteiger partial charge < -0.3 is 19.7 Å². The Bertz CT molecular complexity index is 386. The van der Waals surface area contributed by atoms with Crippen molar-refractivity contribution in [3.05, 3.63) is 18.7 Å². The summed E-state index contributed by atoms with van der Waals surface area (Å²) in [7, 11) is 0. The fraction of sp³-hybridized carbons (Fsp3) is 0.692. The topological polar surface area (TPSA) is 76.4 Å². The lowest BCUT2D eigenvalue weighted by Gasteiger charge is -2.35.